The Morgan fingerprint density at radius 1 is 0.857 bits per heavy atom. The quantitative estimate of drug-likeness (QED) is 0.289. The summed E-state index contributed by atoms with van der Waals surface area (Å²) in [7, 11) is 0. The highest BCUT2D eigenvalue weighted by Gasteiger charge is 2.82. The van der Waals surface area contributed by atoms with Crippen LogP contribution in [0.1, 0.15) is 127 Å². The van der Waals surface area contributed by atoms with Crippen molar-refractivity contribution in [1.82, 2.24) is 0 Å². The van der Waals surface area contributed by atoms with Crippen LogP contribution in [0.15, 0.2) is 11.6 Å². The van der Waals surface area contributed by atoms with Crippen molar-refractivity contribution in [3.05, 3.63) is 11.6 Å². The maximum Gasteiger partial charge on any atom is 0.302 e. The third kappa shape index (κ3) is 3.35. The molecule has 5 fully saturated rings. The predicted molar refractivity (Wildman–Crippen MR) is 145 cm³/mol. The van der Waals surface area contributed by atoms with E-state index in [1.165, 1.54) is 57.8 Å². The molecule has 0 bridgehead atoms. The number of esters is 1. The zero-order valence-corrected chi connectivity index (χ0v) is 24.4. The van der Waals surface area contributed by atoms with Crippen LogP contribution in [-0.2, 0) is 9.53 Å². The van der Waals surface area contributed by atoms with Crippen LogP contribution in [0.5, 0.6) is 0 Å². The minimum Gasteiger partial charge on any atom is -0.462 e. The molecule has 0 aromatic carbocycles. The van der Waals surface area contributed by atoms with Gasteiger partial charge in [0.05, 0.1) is 0 Å². The fraction of sp³-hybridized carbons (Fsp3) is 0.909. The maximum absolute atomic E-state index is 11.9. The number of fused-ring (bicyclic) bond motifs is 2. The van der Waals surface area contributed by atoms with Crippen LogP contribution in [0.2, 0.25) is 0 Å². The molecule has 2 nitrogen and oxygen atoms in total. The highest BCUT2D eigenvalue weighted by Crippen LogP contribution is 2.89. The van der Waals surface area contributed by atoms with Gasteiger partial charge in [-0.2, -0.15) is 0 Å². The molecule has 5 saturated carbocycles. The molecule has 0 heterocycles. The summed E-state index contributed by atoms with van der Waals surface area (Å²) in [4.78, 5) is 11.9. The molecule has 9 atom stereocenters. The molecule has 198 valence electrons. The number of carbonyl (C=O) groups is 1. The summed E-state index contributed by atoms with van der Waals surface area (Å²) < 4.78 is 5.91. The van der Waals surface area contributed by atoms with Gasteiger partial charge < -0.3 is 4.74 Å². The lowest BCUT2D eigenvalue weighted by molar-refractivity contribution is -0.181. The molecule has 2 spiro atoms. The molecule has 0 aromatic heterocycles. The molecule has 5 aliphatic carbocycles. The molecule has 0 aliphatic heterocycles. The van der Waals surface area contributed by atoms with Gasteiger partial charge in [0.25, 0.3) is 0 Å². The largest absolute Gasteiger partial charge is 0.462 e. The first-order valence-corrected chi connectivity index (χ1v) is 15.1. The average molecular weight is 483 g/mol. The van der Waals surface area contributed by atoms with Crippen LogP contribution >= 0.6 is 0 Å². The standard InChI is InChI=1S/C33H54O2/c1-21(2)22(3)10-11-23(4)25-14-16-31(9)27-13-12-26-29(6,7)28(35-24(5)34)15-17-32(26)20-33(27,32)19-18-30(25,31)8/h10,21,23,25-28H,11-20H2,1-9H3/b22-10+/t23-,25?,26?,27?,28+,30-,31+,32-,33+/m1/s1. The van der Waals surface area contributed by atoms with E-state index in [0.29, 0.717) is 27.6 Å². The topological polar surface area (TPSA) is 26.3 Å². The molecule has 0 radical (unpaired) electrons. The minimum atomic E-state index is -0.0938. The number of allylic oxidation sites excluding steroid dienone is 2. The Bertz CT molecular complexity index is 899. The van der Waals surface area contributed by atoms with Gasteiger partial charge >= 0.3 is 5.97 Å². The lowest BCUT2D eigenvalue weighted by atomic mass is 9.41. The average Bonchev–Trinajstić information content (AvgIpc) is 3.36. The van der Waals surface area contributed by atoms with Gasteiger partial charge in [-0.05, 0) is 122 Å². The van der Waals surface area contributed by atoms with E-state index in [1.54, 1.807) is 12.5 Å². The Kier molecular flexibility index (Phi) is 5.98. The summed E-state index contributed by atoms with van der Waals surface area (Å²) in [6, 6.07) is 0. The molecular weight excluding hydrogens is 428 g/mol. The Morgan fingerprint density at radius 2 is 1.51 bits per heavy atom. The van der Waals surface area contributed by atoms with E-state index in [0.717, 1.165) is 30.1 Å². The molecule has 5 rings (SSSR count). The highest BCUT2D eigenvalue weighted by molar-refractivity contribution is 5.66. The lowest BCUT2D eigenvalue weighted by Crippen LogP contribution is -2.58. The van der Waals surface area contributed by atoms with Gasteiger partial charge in [0, 0.05) is 12.3 Å². The first-order valence-electron chi connectivity index (χ1n) is 15.1. The molecule has 0 saturated heterocycles. The van der Waals surface area contributed by atoms with E-state index >= 15 is 0 Å². The van der Waals surface area contributed by atoms with Crippen molar-refractivity contribution in [3.63, 3.8) is 0 Å². The third-order valence-corrected chi connectivity index (χ3v) is 13.8. The van der Waals surface area contributed by atoms with Crippen molar-refractivity contribution in [1.29, 1.82) is 0 Å². The zero-order chi connectivity index (χ0) is 25.6. The van der Waals surface area contributed by atoms with E-state index in [9.17, 15) is 4.79 Å². The SMILES string of the molecule is CC(=O)O[C@H]1CC[C@]23C[C@]24CC[C@]2(C)C([C@H](C)C/C=C(\C)C(C)C)CC[C@@]2(C)C4CCC3C1(C)C. The van der Waals surface area contributed by atoms with Gasteiger partial charge in [-0.15, -0.1) is 0 Å². The molecule has 0 N–H and O–H groups in total. The van der Waals surface area contributed by atoms with Crippen LogP contribution in [0.25, 0.3) is 0 Å². The second-order valence-corrected chi connectivity index (χ2v) is 15.4. The van der Waals surface area contributed by atoms with E-state index in [1.807, 2.05) is 0 Å². The van der Waals surface area contributed by atoms with Crippen molar-refractivity contribution in [2.45, 2.75) is 133 Å². The third-order valence-electron chi connectivity index (χ3n) is 13.8. The van der Waals surface area contributed by atoms with Gasteiger partial charge in [-0.1, -0.05) is 60.1 Å². The maximum atomic E-state index is 11.9. The van der Waals surface area contributed by atoms with Crippen LogP contribution in [-0.4, -0.2) is 12.1 Å². The predicted octanol–water partition coefficient (Wildman–Crippen LogP) is 8.99. The van der Waals surface area contributed by atoms with Crippen molar-refractivity contribution in [2.24, 2.45) is 56.7 Å². The Morgan fingerprint density at radius 3 is 2.17 bits per heavy atom. The van der Waals surface area contributed by atoms with E-state index in [2.05, 4.69) is 61.5 Å². The van der Waals surface area contributed by atoms with E-state index in [-0.39, 0.29) is 17.5 Å². The van der Waals surface area contributed by atoms with E-state index in [4.69, 9.17) is 4.74 Å². The van der Waals surface area contributed by atoms with Crippen LogP contribution in [0.3, 0.4) is 0 Å². The first-order chi connectivity index (χ1) is 16.3. The van der Waals surface area contributed by atoms with Crippen molar-refractivity contribution in [2.75, 3.05) is 0 Å². The fourth-order valence-electron chi connectivity index (χ4n) is 11.5. The normalized spacial score (nSPS) is 48.9. The summed E-state index contributed by atoms with van der Waals surface area (Å²) in [5.74, 6) is 3.84. The Hall–Kier alpha value is -0.790. The van der Waals surface area contributed by atoms with E-state index < -0.39 is 0 Å². The zero-order valence-electron chi connectivity index (χ0n) is 24.4. The molecule has 2 heteroatoms. The summed E-state index contributed by atoms with van der Waals surface area (Å²) in [6.07, 6.45) is 16.3. The number of ether oxygens (including phenoxy) is 1. The molecule has 0 aromatic rings. The molecular formula is C33H54O2. The monoisotopic (exact) mass is 482 g/mol. The summed E-state index contributed by atoms with van der Waals surface area (Å²) in [5, 5.41) is 0. The lowest BCUT2D eigenvalue weighted by Gasteiger charge is -2.63. The molecule has 35 heavy (non-hydrogen) atoms. The fourth-order valence-corrected chi connectivity index (χ4v) is 11.5. The highest BCUT2D eigenvalue weighted by atomic mass is 16.5. The van der Waals surface area contributed by atoms with Gasteiger partial charge in [0.2, 0.25) is 0 Å². The Balaban J connectivity index is 1.39. The second kappa shape index (κ2) is 8.10. The smallest absolute Gasteiger partial charge is 0.302 e. The van der Waals surface area contributed by atoms with Crippen LogP contribution < -0.4 is 0 Å². The summed E-state index contributed by atoms with van der Waals surface area (Å²) in [6.45, 7) is 21.4. The van der Waals surface area contributed by atoms with Crippen LogP contribution in [0, 0.1) is 56.7 Å². The van der Waals surface area contributed by atoms with Gasteiger partial charge in [-0.25, -0.2) is 0 Å². The van der Waals surface area contributed by atoms with Crippen molar-refractivity contribution >= 4 is 5.97 Å². The number of hydrogen-bond donors (Lipinski definition) is 0. The summed E-state index contributed by atoms with van der Waals surface area (Å²) in [5.41, 5.74) is 3.76. The first kappa shape index (κ1) is 25.8. The van der Waals surface area contributed by atoms with Crippen LogP contribution in [0.4, 0.5) is 0 Å². The number of rotatable bonds is 5. The number of hydrogen-bond acceptors (Lipinski definition) is 2. The minimum absolute atomic E-state index is 0.0938. The summed E-state index contributed by atoms with van der Waals surface area (Å²) >= 11 is 0. The van der Waals surface area contributed by atoms with Gasteiger partial charge in [0.1, 0.15) is 6.10 Å². The Labute approximate surface area is 216 Å². The van der Waals surface area contributed by atoms with Crippen molar-refractivity contribution in [3.8, 4) is 0 Å². The molecule has 5 aliphatic rings. The van der Waals surface area contributed by atoms with Gasteiger partial charge in [0.15, 0.2) is 0 Å². The number of carbonyl (C=O) groups excluding carboxylic acids is 1. The van der Waals surface area contributed by atoms with Crippen molar-refractivity contribution < 1.29 is 9.53 Å². The second-order valence-electron chi connectivity index (χ2n) is 15.4. The molecule has 0 amide bonds. The molecule has 3 unspecified atom stereocenters. The van der Waals surface area contributed by atoms with Gasteiger partial charge in [-0.3, -0.25) is 4.79 Å².